The molecule has 1 N–H and O–H groups in total. The van der Waals surface area contributed by atoms with Gasteiger partial charge in [0.25, 0.3) is 5.91 Å². The Morgan fingerprint density at radius 2 is 1.90 bits per heavy atom. The Labute approximate surface area is 127 Å². The van der Waals surface area contributed by atoms with E-state index in [9.17, 15) is 4.79 Å². The standard InChI is InChI=1S/C16H26N2OS/c1-5-18(6-2)12-11-17-16(19)14-9-7-8-10-15(14)20-13(3)4/h7-10,13H,5-6,11-12H2,1-4H3,(H,17,19). The maximum Gasteiger partial charge on any atom is 0.252 e. The molecule has 0 bridgehead atoms. The largest absolute Gasteiger partial charge is 0.351 e. The Balaban J connectivity index is 2.59. The zero-order valence-corrected chi connectivity index (χ0v) is 13.8. The summed E-state index contributed by atoms with van der Waals surface area (Å²) in [5.41, 5.74) is 0.783. The zero-order chi connectivity index (χ0) is 15.0. The molecule has 1 aromatic rings. The highest BCUT2D eigenvalue weighted by atomic mass is 32.2. The number of hydrogen-bond donors (Lipinski definition) is 1. The van der Waals surface area contributed by atoms with Crippen molar-refractivity contribution in [1.82, 2.24) is 10.2 Å². The molecular weight excluding hydrogens is 268 g/mol. The van der Waals surface area contributed by atoms with E-state index in [2.05, 4.69) is 37.9 Å². The monoisotopic (exact) mass is 294 g/mol. The molecule has 1 amide bonds. The Hall–Kier alpha value is -1.00. The van der Waals surface area contributed by atoms with E-state index >= 15 is 0 Å². The molecule has 0 aliphatic rings. The fraction of sp³-hybridized carbons (Fsp3) is 0.562. The quantitative estimate of drug-likeness (QED) is 0.747. The summed E-state index contributed by atoms with van der Waals surface area (Å²) in [4.78, 5) is 15.6. The lowest BCUT2D eigenvalue weighted by molar-refractivity contribution is 0.0946. The number of nitrogens with zero attached hydrogens (tertiary/aromatic N) is 1. The highest BCUT2D eigenvalue weighted by Gasteiger charge is 2.12. The molecule has 3 nitrogen and oxygen atoms in total. The maximum atomic E-state index is 12.3. The number of likely N-dealkylation sites (N-methyl/N-ethyl adjacent to an activating group) is 1. The highest BCUT2D eigenvalue weighted by molar-refractivity contribution is 8.00. The number of benzene rings is 1. The minimum absolute atomic E-state index is 0.0286. The van der Waals surface area contributed by atoms with Crippen LogP contribution in [0.1, 0.15) is 38.1 Å². The van der Waals surface area contributed by atoms with Crippen molar-refractivity contribution < 1.29 is 4.79 Å². The third-order valence-corrected chi connectivity index (χ3v) is 4.18. The number of carbonyl (C=O) groups is 1. The van der Waals surface area contributed by atoms with Crippen molar-refractivity contribution in [1.29, 1.82) is 0 Å². The zero-order valence-electron chi connectivity index (χ0n) is 13.0. The van der Waals surface area contributed by atoms with E-state index in [0.29, 0.717) is 11.8 Å². The lowest BCUT2D eigenvalue weighted by atomic mass is 10.2. The Bertz CT molecular complexity index is 417. The van der Waals surface area contributed by atoms with E-state index in [4.69, 9.17) is 0 Å². The van der Waals surface area contributed by atoms with Crippen LogP contribution in [0.5, 0.6) is 0 Å². The number of thioether (sulfide) groups is 1. The number of nitrogens with one attached hydrogen (secondary N) is 1. The van der Waals surface area contributed by atoms with Crippen molar-refractivity contribution in [2.45, 2.75) is 37.8 Å². The minimum Gasteiger partial charge on any atom is -0.351 e. The van der Waals surface area contributed by atoms with Crippen LogP contribution in [0, 0.1) is 0 Å². The third-order valence-electron chi connectivity index (χ3n) is 3.10. The molecule has 1 aromatic carbocycles. The minimum atomic E-state index is 0.0286. The van der Waals surface area contributed by atoms with Crippen LogP contribution in [0.4, 0.5) is 0 Å². The first kappa shape index (κ1) is 17.1. The number of rotatable bonds is 8. The molecule has 0 spiro atoms. The molecular formula is C16H26N2OS. The first-order valence-corrected chi connectivity index (χ1v) is 8.22. The van der Waals surface area contributed by atoms with Crippen LogP contribution < -0.4 is 5.32 Å². The van der Waals surface area contributed by atoms with Gasteiger partial charge in [0.2, 0.25) is 0 Å². The molecule has 1 rings (SSSR count). The van der Waals surface area contributed by atoms with Gasteiger partial charge in [0.15, 0.2) is 0 Å². The average molecular weight is 294 g/mol. The molecule has 0 heterocycles. The SMILES string of the molecule is CCN(CC)CCNC(=O)c1ccccc1SC(C)C. The second-order valence-corrected chi connectivity index (χ2v) is 6.56. The third kappa shape index (κ3) is 5.55. The summed E-state index contributed by atoms with van der Waals surface area (Å²) in [5, 5.41) is 3.49. The molecule has 112 valence electrons. The Kier molecular flexibility index (Phi) is 7.70. The lowest BCUT2D eigenvalue weighted by Crippen LogP contribution is -2.35. The van der Waals surface area contributed by atoms with E-state index < -0.39 is 0 Å². The smallest absolute Gasteiger partial charge is 0.252 e. The predicted octanol–water partition coefficient (Wildman–Crippen LogP) is 3.26. The van der Waals surface area contributed by atoms with E-state index in [1.54, 1.807) is 11.8 Å². The van der Waals surface area contributed by atoms with Crippen LogP contribution in [0.3, 0.4) is 0 Å². The topological polar surface area (TPSA) is 32.3 Å². The summed E-state index contributed by atoms with van der Waals surface area (Å²) in [6, 6.07) is 7.82. The van der Waals surface area contributed by atoms with Crippen molar-refractivity contribution in [3.63, 3.8) is 0 Å². The van der Waals surface area contributed by atoms with Crippen LogP contribution in [-0.4, -0.2) is 42.2 Å². The van der Waals surface area contributed by atoms with Crippen molar-refractivity contribution in [3.8, 4) is 0 Å². The van der Waals surface area contributed by atoms with Crippen LogP contribution >= 0.6 is 11.8 Å². The van der Waals surface area contributed by atoms with E-state index in [-0.39, 0.29) is 5.91 Å². The first-order chi connectivity index (χ1) is 9.58. The van der Waals surface area contributed by atoms with Gasteiger partial charge in [-0.3, -0.25) is 4.79 Å². The van der Waals surface area contributed by atoms with Gasteiger partial charge in [0, 0.05) is 23.2 Å². The van der Waals surface area contributed by atoms with Crippen LogP contribution in [-0.2, 0) is 0 Å². The molecule has 20 heavy (non-hydrogen) atoms. The first-order valence-electron chi connectivity index (χ1n) is 7.34. The van der Waals surface area contributed by atoms with Gasteiger partial charge < -0.3 is 10.2 Å². The van der Waals surface area contributed by atoms with E-state index in [1.165, 1.54) is 0 Å². The Morgan fingerprint density at radius 3 is 2.50 bits per heavy atom. The molecule has 0 saturated heterocycles. The van der Waals surface area contributed by atoms with Gasteiger partial charge in [-0.1, -0.05) is 39.8 Å². The molecule has 0 aliphatic heterocycles. The normalized spacial score (nSPS) is 11.1. The second kappa shape index (κ2) is 9.03. The number of amides is 1. The summed E-state index contributed by atoms with van der Waals surface area (Å²) in [7, 11) is 0. The number of hydrogen-bond acceptors (Lipinski definition) is 3. The van der Waals surface area contributed by atoms with Gasteiger partial charge in [-0.15, -0.1) is 11.8 Å². The molecule has 0 radical (unpaired) electrons. The number of carbonyl (C=O) groups excluding carboxylic acids is 1. The predicted molar refractivity (Wildman–Crippen MR) is 87.6 cm³/mol. The van der Waals surface area contributed by atoms with Gasteiger partial charge in [-0.25, -0.2) is 0 Å². The summed E-state index contributed by atoms with van der Waals surface area (Å²) in [6.45, 7) is 12.2. The average Bonchev–Trinajstić information content (AvgIpc) is 2.43. The molecule has 0 aliphatic carbocycles. The van der Waals surface area contributed by atoms with Crippen molar-refractivity contribution in [3.05, 3.63) is 29.8 Å². The van der Waals surface area contributed by atoms with Crippen molar-refractivity contribution in [2.75, 3.05) is 26.2 Å². The summed E-state index contributed by atoms with van der Waals surface area (Å²) in [5.74, 6) is 0.0286. The van der Waals surface area contributed by atoms with Gasteiger partial charge in [-0.05, 0) is 25.2 Å². The fourth-order valence-electron chi connectivity index (χ4n) is 1.97. The Morgan fingerprint density at radius 1 is 1.25 bits per heavy atom. The maximum absolute atomic E-state index is 12.3. The summed E-state index contributed by atoms with van der Waals surface area (Å²) in [6.07, 6.45) is 0. The van der Waals surface area contributed by atoms with Gasteiger partial charge in [0.1, 0.15) is 0 Å². The molecule has 0 unspecified atom stereocenters. The fourth-order valence-corrected chi connectivity index (χ4v) is 2.93. The summed E-state index contributed by atoms with van der Waals surface area (Å²) >= 11 is 1.73. The molecule has 0 fully saturated rings. The van der Waals surface area contributed by atoms with Gasteiger partial charge in [-0.2, -0.15) is 0 Å². The summed E-state index contributed by atoms with van der Waals surface area (Å²) < 4.78 is 0. The second-order valence-electron chi connectivity index (χ2n) is 4.95. The van der Waals surface area contributed by atoms with Gasteiger partial charge >= 0.3 is 0 Å². The molecule has 0 atom stereocenters. The highest BCUT2D eigenvalue weighted by Crippen LogP contribution is 2.26. The van der Waals surface area contributed by atoms with Gasteiger partial charge in [0.05, 0.1) is 5.56 Å². The molecule has 0 saturated carbocycles. The van der Waals surface area contributed by atoms with Crippen LogP contribution in [0.15, 0.2) is 29.2 Å². The van der Waals surface area contributed by atoms with Crippen molar-refractivity contribution in [2.24, 2.45) is 0 Å². The molecule has 0 aromatic heterocycles. The van der Waals surface area contributed by atoms with Crippen LogP contribution in [0.25, 0.3) is 0 Å². The lowest BCUT2D eigenvalue weighted by Gasteiger charge is -2.18. The van der Waals surface area contributed by atoms with Crippen LogP contribution in [0.2, 0.25) is 0 Å². The van der Waals surface area contributed by atoms with E-state index in [1.807, 2.05) is 24.3 Å². The van der Waals surface area contributed by atoms with Crippen molar-refractivity contribution >= 4 is 17.7 Å². The molecule has 4 heteroatoms. The van der Waals surface area contributed by atoms with E-state index in [0.717, 1.165) is 30.1 Å².